The van der Waals surface area contributed by atoms with Gasteiger partial charge in [0.2, 0.25) is 0 Å². The lowest BCUT2D eigenvalue weighted by atomic mass is 9.83. The molecule has 0 amide bonds. The molecule has 0 spiro atoms. The average molecular weight is 422 g/mol. The number of hydrogen-bond acceptors (Lipinski definition) is 1. The van der Waals surface area contributed by atoms with Crippen molar-refractivity contribution in [1.29, 1.82) is 0 Å². The van der Waals surface area contributed by atoms with Crippen LogP contribution in [0.2, 0.25) is 0 Å². The monoisotopic (exact) mass is 422 g/mol. The lowest BCUT2D eigenvalue weighted by Crippen LogP contribution is -2.08. The van der Waals surface area contributed by atoms with Gasteiger partial charge in [-0.15, -0.1) is 0 Å². The number of ether oxygens (including phenoxy) is 1. The molecule has 0 N–H and O–H groups in total. The van der Waals surface area contributed by atoms with Gasteiger partial charge in [0.25, 0.3) is 0 Å². The predicted octanol–water partition coefficient (Wildman–Crippen LogP) is 8.00. The minimum absolute atomic E-state index is 0.118. The molecule has 0 atom stereocenters. The van der Waals surface area contributed by atoms with Gasteiger partial charge in [-0.3, -0.25) is 0 Å². The van der Waals surface area contributed by atoms with Crippen molar-refractivity contribution >= 4 is 12.2 Å². The predicted molar refractivity (Wildman–Crippen MR) is 120 cm³/mol. The molecule has 1 saturated carbocycles. The summed E-state index contributed by atoms with van der Waals surface area (Å²) in [5, 5.41) is 0. The van der Waals surface area contributed by atoms with Crippen molar-refractivity contribution in [3.05, 3.63) is 88.7 Å². The fourth-order valence-corrected chi connectivity index (χ4v) is 4.25. The van der Waals surface area contributed by atoms with Gasteiger partial charge < -0.3 is 4.74 Å². The molecule has 160 valence electrons. The van der Waals surface area contributed by atoms with E-state index in [-0.39, 0.29) is 17.3 Å². The first-order chi connectivity index (χ1) is 15.1. The van der Waals surface area contributed by atoms with Crippen LogP contribution in [0.3, 0.4) is 0 Å². The molecule has 0 unspecified atom stereocenters. The summed E-state index contributed by atoms with van der Waals surface area (Å²) in [6, 6.07) is 15.3. The highest BCUT2D eigenvalue weighted by molar-refractivity contribution is 5.72. The molecule has 0 heterocycles. The molecule has 0 bridgehead atoms. The highest BCUT2D eigenvalue weighted by Gasteiger charge is 2.21. The summed E-state index contributed by atoms with van der Waals surface area (Å²) in [6.07, 6.45) is 8.47. The summed E-state index contributed by atoms with van der Waals surface area (Å²) < 4.78 is 48.6. The molecule has 4 rings (SSSR count). The Labute approximate surface area is 181 Å². The van der Waals surface area contributed by atoms with Crippen molar-refractivity contribution in [2.45, 2.75) is 38.0 Å². The van der Waals surface area contributed by atoms with Gasteiger partial charge >= 0.3 is 0 Å². The van der Waals surface area contributed by atoms with Crippen LogP contribution in [-0.4, -0.2) is 7.11 Å². The Bertz CT molecular complexity index is 1080. The van der Waals surface area contributed by atoms with E-state index in [1.165, 1.54) is 19.6 Å². The molecular formula is C27H25F3O. The van der Waals surface area contributed by atoms with E-state index in [9.17, 15) is 13.2 Å². The first-order valence-corrected chi connectivity index (χ1v) is 10.7. The molecule has 1 aliphatic carbocycles. The molecule has 0 aliphatic heterocycles. The van der Waals surface area contributed by atoms with Crippen LogP contribution in [0.4, 0.5) is 13.2 Å². The van der Waals surface area contributed by atoms with Crippen molar-refractivity contribution < 1.29 is 17.9 Å². The van der Waals surface area contributed by atoms with Crippen LogP contribution in [0.1, 0.15) is 54.7 Å². The molecule has 31 heavy (non-hydrogen) atoms. The summed E-state index contributed by atoms with van der Waals surface area (Å²) >= 11 is 0. The number of hydrogen-bond donors (Lipinski definition) is 0. The number of benzene rings is 3. The van der Waals surface area contributed by atoms with Crippen molar-refractivity contribution in [2.24, 2.45) is 0 Å². The lowest BCUT2D eigenvalue weighted by molar-refractivity contribution is 0.411. The highest BCUT2D eigenvalue weighted by Crippen LogP contribution is 2.35. The van der Waals surface area contributed by atoms with Gasteiger partial charge in [-0.05, 0) is 47.6 Å². The van der Waals surface area contributed by atoms with E-state index in [0.717, 1.165) is 36.8 Å². The van der Waals surface area contributed by atoms with Crippen LogP contribution >= 0.6 is 0 Å². The lowest BCUT2D eigenvalue weighted by Gasteiger charge is -2.22. The Balaban J connectivity index is 1.51. The van der Waals surface area contributed by atoms with E-state index in [2.05, 4.69) is 0 Å². The zero-order chi connectivity index (χ0) is 21.8. The van der Waals surface area contributed by atoms with Gasteiger partial charge in [0, 0.05) is 17.2 Å². The molecule has 1 nitrogen and oxygen atoms in total. The molecule has 0 radical (unpaired) electrons. The largest absolute Gasteiger partial charge is 0.497 e. The third-order valence-corrected chi connectivity index (χ3v) is 6.04. The van der Waals surface area contributed by atoms with E-state index in [0.29, 0.717) is 16.9 Å². The maximum atomic E-state index is 14.7. The fourth-order valence-electron chi connectivity index (χ4n) is 4.25. The Hall–Kier alpha value is -3.01. The Morgan fingerprint density at radius 2 is 1.55 bits per heavy atom. The van der Waals surface area contributed by atoms with Crippen LogP contribution in [0.15, 0.2) is 54.6 Å². The van der Waals surface area contributed by atoms with Crippen LogP contribution in [0.5, 0.6) is 5.75 Å². The van der Waals surface area contributed by atoms with Gasteiger partial charge in [0.15, 0.2) is 11.6 Å². The molecular weight excluding hydrogens is 397 g/mol. The van der Waals surface area contributed by atoms with E-state index in [4.69, 9.17) is 4.74 Å². The molecule has 1 fully saturated rings. The van der Waals surface area contributed by atoms with Gasteiger partial charge in [0.05, 0.1) is 7.11 Å². The second kappa shape index (κ2) is 9.42. The van der Waals surface area contributed by atoms with E-state index in [1.54, 1.807) is 48.6 Å². The van der Waals surface area contributed by atoms with E-state index < -0.39 is 11.6 Å². The molecule has 0 saturated heterocycles. The maximum absolute atomic E-state index is 14.7. The van der Waals surface area contributed by atoms with Gasteiger partial charge in [-0.25, -0.2) is 13.2 Å². The zero-order valence-corrected chi connectivity index (χ0v) is 17.5. The second-order valence-corrected chi connectivity index (χ2v) is 8.01. The highest BCUT2D eigenvalue weighted by atomic mass is 19.2. The normalized spacial score (nSPS) is 14.8. The smallest absolute Gasteiger partial charge is 0.166 e. The minimum Gasteiger partial charge on any atom is -0.497 e. The Kier molecular flexibility index (Phi) is 6.45. The van der Waals surface area contributed by atoms with Crippen molar-refractivity contribution in [1.82, 2.24) is 0 Å². The average Bonchev–Trinajstić information content (AvgIpc) is 2.81. The topological polar surface area (TPSA) is 9.23 Å². The van der Waals surface area contributed by atoms with Crippen molar-refractivity contribution in [3.8, 4) is 16.9 Å². The molecule has 1 aliphatic rings. The third-order valence-electron chi connectivity index (χ3n) is 6.04. The van der Waals surface area contributed by atoms with E-state index in [1.807, 2.05) is 12.1 Å². The van der Waals surface area contributed by atoms with Crippen molar-refractivity contribution in [3.63, 3.8) is 0 Å². The summed E-state index contributed by atoms with van der Waals surface area (Å²) in [6.45, 7) is 0. The molecule has 3 aromatic rings. The Morgan fingerprint density at radius 3 is 2.23 bits per heavy atom. The first kappa shape index (κ1) is 21.2. The zero-order valence-electron chi connectivity index (χ0n) is 17.5. The third kappa shape index (κ3) is 4.68. The minimum atomic E-state index is -0.795. The molecule has 4 heteroatoms. The van der Waals surface area contributed by atoms with E-state index >= 15 is 0 Å². The number of halogens is 3. The second-order valence-electron chi connectivity index (χ2n) is 8.01. The number of methoxy groups -OCH3 is 1. The van der Waals surface area contributed by atoms with Gasteiger partial charge in [-0.2, -0.15) is 0 Å². The van der Waals surface area contributed by atoms with Crippen LogP contribution in [-0.2, 0) is 0 Å². The summed E-state index contributed by atoms with van der Waals surface area (Å²) in [7, 11) is 1.49. The quantitative estimate of drug-likeness (QED) is 0.379. The Morgan fingerprint density at radius 1 is 0.806 bits per heavy atom. The standard InChI is InChI=1S/C27H25F3O/c1-31-22-14-16-23(25(28)17-22)20-10-7-18(8-11-20)9-12-21-13-15-24(27(30)26(21)29)19-5-3-2-4-6-19/h7-17,19H,2-6H2,1H3/b12-9+. The SMILES string of the molecule is COc1ccc(-c2ccc(/C=C/c3ccc(C4CCCCC4)c(F)c3F)cc2)c(F)c1. The van der Waals surface area contributed by atoms with Gasteiger partial charge in [0.1, 0.15) is 11.6 Å². The fraction of sp³-hybridized carbons (Fsp3) is 0.259. The summed E-state index contributed by atoms with van der Waals surface area (Å²) in [4.78, 5) is 0. The number of rotatable bonds is 5. The summed E-state index contributed by atoms with van der Waals surface area (Å²) in [5.74, 6) is -1.30. The molecule has 0 aromatic heterocycles. The van der Waals surface area contributed by atoms with Crippen LogP contribution < -0.4 is 4.74 Å². The molecule has 3 aromatic carbocycles. The first-order valence-electron chi connectivity index (χ1n) is 10.7. The van der Waals surface area contributed by atoms with Crippen LogP contribution in [0.25, 0.3) is 23.3 Å². The van der Waals surface area contributed by atoms with Gasteiger partial charge in [-0.1, -0.05) is 67.8 Å². The van der Waals surface area contributed by atoms with Crippen LogP contribution in [0, 0.1) is 17.5 Å². The maximum Gasteiger partial charge on any atom is 0.166 e. The van der Waals surface area contributed by atoms with Crippen molar-refractivity contribution in [2.75, 3.05) is 7.11 Å². The summed E-state index contributed by atoms with van der Waals surface area (Å²) in [5.41, 5.74) is 2.74.